The number of hydrogen-bond acceptors (Lipinski definition) is 2. The van der Waals surface area contributed by atoms with E-state index < -0.39 is 10.1 Å². The maximum absolute atomic E-state index is 10.4. The van der Waals surface area contributed by atoms with Crippen molar-refractivity contribution in [3.63, 3.8) is 0 Å². The highest BCUT2D eigenvalue weighted by Gasteiger charge is 2.02. The molecule has 0 atom stereocenters. The van der Waals surface area contributed by atoms with Crippen molar-refractivity contribution >= 4 is 38.5 Å². The normalized spacial score (nSPS) is 11.1. The monoisotopic (exact) mass is 336 g/mol. The quantitative estimate of drug-likeness (QED) is 0.374. The molecule has 1 N–H and O–H groups in total. The summed E-state index contributed by atoms with van der Waals surface area (Å²) < 4.78 is 29.3. The summed E-state index contributed by atoms with van der Waals surface area (Å²) in [7, 11) is -3.73. The van der Waals surface area contributed by atoms with Gasteiger partial charge >= 0.3 is 0 Å². The molecule has 0 amide bonds. The topological polar surface area (TPSA) is 54.4 Å². The molecule has 0 spiro atoms. The molecule has 0 heterocycles. The second-order valence-corrected chi connectivity index (χ2v) is 6.17. The molecule has 16 heavy (non-hydrogen) atoms. The van der Waals surface area contributed by atoms with Crippen molar-refractivity contribution in [1.29, 1.82) is 0 Å². The molecular weight excluding hydrogens is 316 g/mol. The van der Waals surface area contributed by atoms with Crippen LogP contribution in [0.3, 0.4) is 0 Å². The highest BCUT2D eigenvalue weighted by atomic mass is 79.9. The zero-order valence-corrected chi connectivity index (χ0v) is 12.7. The van der Waals surface area contributed by atoms with Crippen LogP contribution in [0.1, 0.15) is 51.4 Å². The molecule has 0 fully saturated rings. The van der Waals surface area contributed by atoms with Gasteiger partial charge in [0.2, 0.25) is 0 Å². The lowest BCUT2D eigenvalue weighted by Crippen LogP contribution is -2.03. The van der Waals surface area contributed by atoms with Gasteiger partial charge in [0.15, 0.2) is 0 Å². The minimum atomic E-state index is -3.73. The summed E-state index contributed by atoms with van der Waals surface area (Å²) >= 11 is 3.39. The molecule has 0 rings (SSSR count). The molecule has 0 aromatic rings. The van der Waals surface area contributed by atoms with Gasteiger partial charge < -0.3 is 0 Å². The summed E-state index contributed by atoms with van der Waals surface area (Å²) in [5.74, 6) is -0.0867. The third kappa shape index (κ3) is 17.1. The highest BCUT2D eigenvalue weighted by molar-refractivity contribution is 9.09. The zero-order chi connectivity index (χ0) is 11.6. The van der Waals surface area contributed by atoms with E-state index in [-0.39, 0.29) is 18.2 Å². The van der Waals surface area contributed by atoms with Crippen molar-refractivity contribution in [1.82, 2.24) is 0 Å². The lowest BCUT2D eigenvalue weighted by atomic mass is 10.1. The van der Waals surface area contributed by atoms with Gasteiger partial charge in [0.1, 0.15) is 0 Å². The molecule has 0 aliphatic rings. The van der Waals surface area contributed by atoms with Gasteiger partial charge in [0.05, 0.1) is 5.75 Å². The second-order valence-electron chi connectivity index (χ2n) is 3.80. The van der Waals surface area contributed by atoms with Crippen molar-refractivity contribution in [3.05, 3.63) is 0 Å². The minimum absolute atomic E-state index is 0. The zero-order valence-electron chi connectivity index (χ0n) is 9.53. The molecule has 0 aromatic heterocycles. The molecular formula is C10H22BrClO3S. The standard InChI is InChI=1S/C10H21BrO3S.ClH/c11-9-7-5-3-1-2-4-6-8-10-15(12,13)14;/h1-10H2,(H,12,13,14);1H. The molecule has 0 aromatic carbocycles. The Morgan fingerprint density at radius 3 is 1.56 bits per heavy atom. The van der Waals surface area contributed by atoms with E-state index in [4.69, 9.17) is 4.55 Å². The fourth-order valence-corrected chi connectivity index (χ4v) is 2.41. The van der Waals surface area contributed by atoms with Crippen LogP contribution in [0.15, 0.2) is 0 Å². The lowest BCUT2D eigenvalue weighted by molar-refractivity contribution is 0.478. The van der Waals surface area contributed by atoms with E-state index >= 15 is 0 Å². The van der Waals surface area contributed by atoms with Crippen molar-refractivity contribution in [3.8, 4) is 0 Å². The van der Waals surface area contributed by atoms with E-state index in [9.17, 15) is 8.42 Å². The Kier molecular flexibility index (Phi) is 14.4. The summed E-state index contributed by atoms with van der Waals surface area (Å²) in [4.78, 5) is 0. The fraction of sp³-hybridized carbons (Fsp3) is 1.00. The highest BCUT2D eigenvalue weighted by Crippen LogP contribution is 2.09. The molecule has 0 radical (unpaired) electrons. The van der Waals surface area contributed by atoms with Crippen molar-refractivity contribution in [2.45, 2.75) is 51.4 Å². The molecule has 0 aliphatic carbocycles. The summed E-state index contributed by atoms with van der Waals surface area (Å²) in [5.41, 5.74) is 0. The first kappa shape index (κ1) is 19.0. The summed E-state index contributed by atoms with van der Waals surface area (Å²) in [5, 5.41) is 1.08. The van der Waals surface area contributed by atoms with E-state index in [0.717, 1.165) is 18.2 Å². The van der Waals surface area contributed by atoms with Crippen molar-refractivity contribution < 1.29 is 13.0 Å². The van der Waals surface area contributed by atoms with Gasteiger partial charge in [-0.2, -0.15) is 8.42 Å². The van der Waals surface area contributed by atoms with Gasteiger partial charge in [-0.1, -0.05) is 54.5 Å². The van der Waals surface area contributed by atoms with Crippen LogP contribution in [-0.2, 0) is 10.1 Å². The van der Waals surface area contributed by atoms with Crippen LogP contribution in [0.2, 0.25) is 0 Å². The Hall–Kier alpha value is 0.680. The van der Waals surface area contributed by atoms with Crippen LogP contribution in [0.4, 0.5) is 0 Å². The summed E-state index contributed by atoms with van der Waals surface area (Å²) in [6, 6.07) is 0. The lowest BCUT2D eigenvalue weighted by Gasteiger charge is -2.00. The fourth-order valence-electron chi connectivity index (χ4n) is 1.44. The predicted molar refractivity (Wildman–Crippen MR) is 74.4 cm³/mol. The molecule has 6 heteroatoms. The first-order valence-electron chi connectivity index (χ1n) is 5.57. The largest absolute Gasteiger partial charge is 0.286 e. The Bertz CT molecular complexity index is 232. The van der Waals surface area contributed by atoms with E-state index in [0.29, 0.717) is 6.42 Å². The molecule has 0 saturated heterocycles. The van der Waals surface area contributed by atoms with Crippen LogP contribution >= 0.6 is 28.3 Å². The van der Waals surface area contributed by atoms with E-state index in [1.165, 1.54) is 32.1 Å². The van der Waals surface area contributed by atoms with Crippen LogP contribution in [0.5, 0.6) is 0 Å². The predicted octanol–water partition coefficient (Wildman–Crippen LogP) is 3.81. The summed E-state index contributed by atoms with van der Waals surface area (Å²) in [6.45, 7) is 0. The van der Waals surface area contributed by atoms with Gasteiger partial charge in [-0.15, -0.1) is 12.4 Å². The number of halogens is 2. The van der Waals surface area contributed by atoms with E-state index in [1.807, 2.05) is 0 Å². The third-order valence-corrected chi connectivity index (χ3v) is 3.65. The van der Waals surface area contributed by atoms with E-state index in [1.54, 1.807) is 0 Å². The number of unbranched alkanes of at least 4 members (excludes halogenated alkanes) is 7. The van der Waals surface area contributed by atoms with E-state index in [2.05, 4.69) is 15.9 Å². The molecule has 0 aliphatic heterocycles. The van der Waals surface area contributed by atoms with Crippen molar-refractivity contribution in [2.75, 3.05) is 11.1 Å². The van der Waals surface area contributed by atoms with Crippen molar-refractivity contribution in [2.24, 2.45) is 0 Å². The summed E-state index contributed by atoms with van der Waals surface area (Å²) in [6.07, 6.45) is 8.75. The molecule has 3 nitrogen and oxygen atoms in total. The molecule has 0 bridgehead atoms. The Labute approximate surface area is 114 Å². The van der Waals surface area contributed by atoms with Gasteiger partial charge in [-0.3, -0.25) is 4.55 Å². The molecule has 0 saturated carbocycles. The average molecular weight is 338 g/mol. The van der Waals surface area contributed by atoms with Crippen LogP contribution in [0, 0.1) is 0 Å². The minimum Gasteiger partial charge on any atom is -0.286 e. The number of hydrogen-bond donors (Lipinski definition) is 1. The Balaban J connectivity index is 0. The third-order valence-electron chi connectivity index (χ3n) is 2.29. The smallest absolute Gasteiger partial charge is 0.264 e. The Morgan fingerprint density at radius 2 is 1.19 bits per heavy atom. The van der Waals surface area contributed by atoms with Crippen LogP contribution in [0.25, 0.3) is 0 Å². The van der Waals surface area contributed by atoms with Crippen LogP contribution < -0.4 is 0 Å². The number of rotatable bonds is 10. The second kappa shape index (κ2) is 12.1. The maximum Gasteiger partial charge on any atom is 0.264 e. The SMILES string of the molecule is Cl.O=S(=O)(O)CCCCCCCCCCBr. The Morgan fingerprint density at radius 1 is 0.812 bits per heavy atom. The van der Waals surface area contributed by atoms with Crippen LogP contribution in [-0.4, -0.2) is 24.1 Å². The number of alkyl halides is 1. The average Bonchev–Trinajstić information content (AvgIpc) is 2.14. The first-order valence-corrected chi connectivity index (χ1v) is 8.30. The molecule has 0 unspecified atom stereocenters. The first-order chi connectivity index (χ1) is 7.06. The van der Waals surface area contributed by atoms with Gasteiger partial charge in [-0.05, 0) is 12.8 Å². The van der Waals surface area contributed by atoms with Gasteiger partial charge in [0, 0.05) is 5.33 Å². The molecule has 100 valence electrons. The van der Waals surface area contributed by atoms with Gasteiger partial charge in [-0.25, -0.2) is 0 Å². The van der Waals surface area contributed by atoms with Gasteiger partial charge in [0.25, 0.3) is 10.1 Å². The maximum atomic E-state index is 10.4.